The Hall–Kier alpha value is -0.810. The Morgan fingerprint density at radius 3 is 2.70 bits per heavy atom. The molecule has 2 nitrogen and oxygen atoms in total. The molecule has 0 saturated heterocycles. The van der Waals surface area contributed by atoms with Crippen LogP contribution in [0, 0.1) is 23.7 Å². The van der Waals surface area contributed by atoms with Crippen LogP contribution in [0.1, 0.15) is 43.4 Å². The molecule has 0 aromatic carbocycles. The van der Waals surface area contributed by atoms with Gasteiger partial charge in [0, 0.05) is 18.8 Å². The van der Waals surface area contributed by atoms with Gasteiger partial charge in [-0.25, -0.2) is 0 Å². The fourth-order valence-corrected chi connectivity index (χ4v) is 5.52. The molecule has 1 N–H and O–H groups in total. The molecule has 0 aliphatic heterocycles. The lowest BCUT2D eigenvalue weighted by atomic mass is 9.79. The molecule has 3 saturated carbocycles. The number of rotatable bonds is 3. The highest BCUT2D eigenvalue weighted by Gasteiger charge is 2.53. The molecule has 126 valence electrons. The first-order chi connectivity index (χ1) is 10.9. The van der Waals surface area contributed by atoms with Gasteiger partial charge in [0.1, 0.15) is 0 Å². The maximum absolute atomic E-state index is 12.6. The lowest BCUT2D eigenvalue weighted by molar-refractivity contribution is -0.137. The zero-order chi connectivity index (χ0) is 16.2. The molecule has 3 aliphatic rings. The summed E-state index contributed by atoms with van der Waals surface area (Å²) in [6.07, 6.45) is 3.10. The van der Waals surface area contributed by atoms with Gasteiger partial charge in [0.15, 0.2) is 0 Å². The highest BCUT2D eigenvalue weighted by Crippen LogP contribution is 2.58. The van der Waals surface area contributed by atoms with E-state index >= 15 is 0 Å². The standard InChI is InChI=1S/C17H20ClF3N2/c18-14-6-10(17(19,20)21)7-22-16(14)8-23-15-5-9-4-13(15)12-3-1-2-11(9)12/h6-7,9,11-13,15,23H,1-5,8H2/t9-,11+,12+,13-,15+/m0/s1. The predicted molar refractivity (Wildman–Crippen MR) is 81.9 cm³/mol. The van der Waals surface area contributed by atoms with Crippen LogP contribution >= 0.6 is 11.6 Å². The molecule has 5 atom stereocenters. The molecular weight excluding hydrogens is 325 g/mol. The van der Waals surface area contributed by atoms with Gasteiger partial charge in [-0.15, -0.1) is 0 Å². The van der Waals surface area contributed by atoms with Gasteiger partial charge in [-0.05, 0) is 55.4 Å². The second-order valence-corrected chi connectivity index (χ2v) is 7.70. The van der Waals surface area contributed by atoms with E-state index in [0.717, 1.165) is 35.9 Å². The molecule has 1 heterocycles. The number of nitrogens with zero attached hydrogens (tertiary/aromatic N) is 1. The Morgan fingerprint density at radius 2 is 1.96 bits per heavy atom. The molecule has 0 unspecified atom stereocenters. The monoisotopic (exact) mass is 344 g/mol. The van der Waals surface area contributed by atoms with Gasteiger partial charge in [-0.3, -0.25) is 4.98 Å². The van der Waals surface area contributed by atoms with E-state index in [-0.39, 0.29) is 5.02 Å². The van der Waals surface area contributed by atoms with Gasteiger partial charge in [0.05, 0.1) is 16.3 Å². The summed E-state index contributed by atoms with van der Waals surface area (Å²) in [7, 11) is 0. The summed E-state index contributed by atoms with van der Waals surface area (Å²) in [5.41, 5.74) is -0.287. The number of hydrogen-bond acceptors (Lipinski definition) is 2. The van der Waals surface area contributed by atoms with Crippen LogP contribution in [0.25, 0.3) is 0 Å². The highest BCUT2D eigenvalue weighted by molar-refractivity contribution is 6.31. The molecular formula is C17H20ClF3N2. The Bertz CT molecular complexity index is 604. The predicted octanol–water partition coefficient (Wildman–Crippen LogP) is 4.67. The second kappa shape index (κ2) is 5.62. The van der Waals surface area contributed by atoms with Gasteiger partial charge in [-0.2, -0.15) is 13.2 Å². The van der Waals surface area contributed by atoms with Crippen LogP contribution in [0.3, 0.4) is 0 Å². The topological polar surface area (TPSA) is 24.9 Å². The van der Waals surface area contributed by atoms with Gasteiger partial charge in [0.25, 0.3) is 0 Å². The smallest absolute Gasteiger partial charge is 0.308 e. The van der Waals surface area contributed by atoms with Crippen molar-refractivity contribution in [3.63, 3.8) is 0 Å². The van der Waals surface area contributed by atoms with Gasteiger partial charge in [0.2, 0.25) is 0 Å². The number of halogens is 4. The van der Waals surface area contributed by atoms with Crippen LogP contribution < -0.4 is 5.32 Å². The minimum atomic E-state index is -4.40. The average molecular weight is 345 g/mol. The van der Waals surface area contributed by atoms with Crippen molar-refractivity contribution in [3.8, 4) is 0 Å². The lowest BCUT2D eigenvalue weighted by Gasteiger charge is -2.32. The quantitative estimate of drug-likeness (QED) is 0.862. The van der Waals surface area contributed by atoms with Crippen molar-refractivity contribution >= 4 is 11.6 Å². The SMILES string of the molecule is FC(F)(F)c1cnc(CN[C@@H]2C[C@@H]3C[C@H]2[C@@H]2CCC[C@H]32)c(Cl)c1. The van der Waals surface area contributed by atoms with E-state index in [0.29, 0.717) is 18.3 Å². The average Bonchev–Trinajstić information content (AvgIpc) is 3.17. The Labute approximate surface area is 138 Å². The van der Waals surface area contributed by atoms with Crippen LogP contribution in [0.2, 0.25) is 5.02 Å². The van der Waals surface area contributed by atoms with Crippen molar-refractivity contribution < 1.29 is 13.2 Å². The maximum atomic E-state index is 12.6. The van der Waals surface area contributed by atoms with Crippen LogP contribution in [-0.2, 0) is 12.7 Å². The van der Waals surface area contributed by atoms with Gasteiger partial charge in [-0.1, -0.05) is 18.0 Å². The number of hydrogen-bond donors (Lipinski definition) is 1. The summed E-state index contributed by atoms with van der Waals surface area (Å²) >= 11 is 5.99. The van der Waals surface area contributed by atoms with Crippen molar-refractivity contribution in [2.24, 2.45) is 23.7 Å². The first kappa shape index (κ1) is 15.7. The molecule has 2 bridgehead atoms. The minimum Gasteiger partial charge on any atom is -0.308 e. The summed E-state index contributed by atoms with van der Waals surface area (Å²) in [4.78, 5) is 3.92. The molecule has 0 spiro atoms. The van der Waals surface area contributed by atoms with E-state index in [1.54, 1.807) is 0 Å². The second-order valence-electron chi connectivity index (χ2n) is 7.29. The summed E-state index contributed by atoms with van der Waals surface area (Å²) in [6, 6.07) is 1.44. The fourth-order valence-electron chi connectivity index (χ4n) is 5.28. The van der Waals surface area contributed by atoms with Crippen molar-refractivity contribution in [2.45, 2.75) is 50.9 Å². The third kappa shape index (κ3) is 2.76. The van der Waals surface area contributed by atoms with E-state index in [1.165, 1.54) is 32.1 Å². The Kier molecular flexibility index (Phi) is 3.84. The zero-order valence-electron chi connectivity index (χ0n) is 12.7. The molecule has 3 aliphatic carbocycles. The molecule has 1 aromatic rings. The largest absolute Gasteiger partial charge is 0.417 e. The number of fused-ring (bicyclic) bond motifs is 5. The number of nitrogens with one attached hydrogen (secondary N) is 1. The third-order valence-corrected chi connectivity index (χ3v) is 6.53. The molecule has 6 heteroatoms. The van der Waals surface area contributed by atoms with E-state index in [4.69, 9.17) is 11.6 Å². The van der Waals surface area contributed by atoms with Crippen molar-refractivity contribution in [1.29, 1.82) is 0 Å². The van der Waals surface area contributed by atoms with Gasteiger partial charge < -0.3 is 5.32 Å². The fraction of sp³-hybridized carbons (Fsp3) is 0.706. The molecule has 0 radical (unpaired) electrons. The zero-order valence-corrected chi connectivity index (χ0v) is 13.5. The number of pyridine rings is 1. The molecule has 1 aromatic heterocycles. The normalized spacial score (nSPS) is 35.7. The van der Waals surface area contributed by atoms with Crippen LogP contribution in [0.4, 0.5) is 13.2 Å². The Morgan fingerprint density at radius 1 is 1.17 bits per heavy atom. The first-order valence-electron chi connectivity index (χ1n) is 8.38. The van der Waals surface area contributed by atoms with Crippen LogP contribution in [-0.4, -0.2) is 11.0 Å². The first-order valence-corrected chi connectivity index (χ1v) is 8.76. The number of alkyl halides is 3. The summed E-state index contributed by atoms with van der Waals surface area (Å²) in [6.45, 7) is 0.447. The van der Waals surface area contributed by atoms with E-state index in [2.05, 4.69) is 10.3 Å². The van der Waals surface area contributed by atoms with Crippen LogP contribution in [0.15, 0.2) is 12.3 Å². The van der Waals surface area contributed by atoms with E-state index < -0.39 is 11.7 Å². The number of aromatic nitrogens is 1. The van der Waals surface area contributed by atoms with Crippen molar-refractivity contribution in [2.75, 3.05) is 0 Å². The molecule has 23 heavy (non-hydrogen) atoms. The molecule has 4 rings (SSSR count). The van der Waals surface area contributed by atoms with E-state index in [1.807, 2.05) is 0 Å². The minimum absolute atomic E-state index is 0.0919. The molecule has 0 amide bonds. The maximum Gasteiger partial charge on any atom is 0.417 e. The lowest BCUT2D eigenvalue weighted by Crippen LogP contribution is -2.39. The highest BCUT2D eigenvalue weighted by atomic mass is 35.5. The summed E-state index contributed by atoms with van der Waals surface area (Å²) in [5, 5.41) is 3.60. The van der Waals surface area contributed by atoms with Crippen molar-refractivity contribution in [3.05, 3.63) is 28.5 Å². The van der Waals surface area contributed by atoms with E-state index in [9.17, 15) is 13.2 Å². The van der Waals surface area contributed by atoms with Crippen molar-refractivity contribution in [1.82, 2.24) is 10.3 Å². The summed E-state index contributed by atoms with van der Waals surface area (Å²) < 4.78 is 37.9. The Balaban J connectivity index is 1.40. The third-order valence-electron chi connectivity index (χ3n) is 6.21. The molecule has 3 fully saturated rings. The van der Waals surface area contributed by atoms with Gasteiger partial charge >= 0.3 is 6.18 Å². The summed E-state index contributed by atoms with van der Waals surface area (Å²) in [5.74, 6) is 3.38. The van der Waals surface area contributed by atoms with Crippen LogP contribution in [0.5, 0.6) is 0 Å².